The molecule has 26 heavy (non-hydrogen) atoms. The van der Waals surface area contributed by atoms with Crippen LogP contribution in [0.2, 0.25) is 0 Å². The third kappa shape index (κ3) is 3.61. The summed E-state index contributed by atoms with van der Waals surface area (Å²) < 4.78 is 25.8. The van der Waals surface area contributed by atoms with Crippen LogP contribution in [-0.2, 0) is 9.84 Å². The number of aliphatic hydroxyl groups is 1. The normalized spacial score (nSPS) is 11.5. The zero-order valence-corrected chi connectivity index (χ0v) is 15.3. The van der Waals surface area contributed by atoms with Crippen molar-refractivity contribution in [3.05, 3.63) is 72.9 Å². The summed E-state index contributed by atoms with van der Waals surface area (Å²) >= 11 is 0. The maximum atomic E-state index is 12.0. The molecule has 0 saturated carbocycles. The second kappa shape index (κ2) is 7.27. The minimum Gasteiger partial charge on any atom is -0.395 e. The molecule has 0 aliphatic heterocycles. The lowest BCUT2D eigenvalue weighted by atomic mass is 10.1. The van der Waals surface area contributed by atoms with E-state index in [0.717, 1.165) is 28.1 Å². The first-order valence-corrected chi connectivity index (χ1v) is 9.82. The molecule has 0 aliphatic rings. The van der Waals surface area contributed by atoms with Crippen molar-refractivity contribution in [1.82, 2.24) is 9.78 Å². The number of aliphatic hydroxyl groups excluding tert-OH is 1. The predicted molar refractivity (Wildman–Crippen MR) is 103 cm³/mol. The number of aromatic nitrogens is 2. The lowest BCUT2D eigenvalue weighted by molar-refractivity contribution is 0.319. The second-order valence-electron chi connectivity index (χ2n) is 6.02. The molecule has 0 amide bonds. The minimum atomic E-state index is -3.45. The van der Waals surface area contributed by atoms with Crippen LogP contribution >= 0.6 is 0 Å². The highest BCUT2D eigenvalue weighted by Gasteiger charge is 2.14. The molecule has 0 fully saturated rings. The fraction of sp³-hybridized carbons (Fsp3) is 0.150. The molecule has 134 valence electrons. The van der Waals surface area contributed by atoms with Gasteiger partial charge in [-0.1, -0.05) is 36.4 Å². The van der Waals surface area contributed by atoms with Gasteiger partial charge in [0, 0.05) is 5.56 Å². The Bertz CT molecular complexity index is 1020. The Kier molecular flexibility index (Phi) is 5.06. The van der Waals surface area contributed by atoms with Crippen LogP contribution < -0.4 is 0 Å². The summed E-state index contributed by atoms with van der Waals surface area (Å²) in [5.74, 6) is -0.278. The monoisotopic (exact) mass is 368 g/mol. The van der Waals surface area contributed by atoms with Crippen molar-refractivity contribution in [3.8, 4) is 16.9 Å². The van der Waals surface area contributed by atoms with Crippen molar-refractivity contribution in [1.29, 1.82) is 0 Å². The van der Waals surface area contributed by atoms with Crippen LogP contribution in [-0.4, -0.2) is 35.7 Å². The van der Waals surface area contributed by atoms with Crippen LogP contribution in [0.25, 0.3) is 22.5 Å². The fourth-order valence-corrected chi connectivity index (χ4v) is 3.71. The van der Waals surface area contributed by atoms with Gasteiger partial charge in [0.05, 0.1) is 34.8 Å². The summed E-state index contributed by atoms with van der Waals surface area (Å²) in [7, 11) is -3.45. The number of allylic oxidation sites excluding steroid dienone is 1. The molecule has 1 aromatic heterocycles. The summed E-state index contributed by atoms with van der Waals surface area (Å²) in [6, 6.07) is 16.4. The maximum absolute atomic E-state index is 12.0. The molecule has 5 nitrogen and oxygen atoms in total. The van der Waals surface area contributed by atoms with E-state index in [2.05, 4.69) is 11.7 Å². The van der Waals surface area contributed by atoms with E-state index in [1.54, 1.807) is 35.1 Å². The first-order chi connectivity index (χ1) is 12.4. The lowest BCUT2D eigenvalue weighted by Crippen LogP contribution is -2.09. The van der Waals surface area contributed by atoms with Crippen molar-refractivity contribution < 1.29 is 13.5 Å². The number of sulfone groups is 1. The molecule has 0 bridgehead atoms. The summed E-state index contributed by atoms with van der Waals surface area (Å²) in [4.78, 5) is 0.201. The van der Waals surface area contributed by atoms with Crippen LogP contribution in [0.15, 0.2) is 72.3 Å². The highest BCUT2D eigenvalue weighted by Crippen LogP contribution is 2.25. The molecular formula is C20H20N2O3S. The first-order valence-electron chi connectivity index (χ1n) is 8.17. The summed E-state index contributed by atoms with van der Waals surface area (Å²) in [5.41, 5.74) is 4.69. The van der Waals surface area contributed by atoms with Gasteiger partial charge < -0.3 is 5.11 Å². The Hall–Kier alpha value is -2.70. The summed E-state index contributed by atoms with van der Waals surface area (Å²) in [5, 5.41) is 13.3. The predicted octanol–water partition coefficient (Wildman–Crippen LogP) is 3.34. The van der Waals surface area contributed by atoms with E-state index in [1.807, 2.05) is 37.3 Å². The second-order valence-corrected chi connectivity index (χ2v) is 8.13. The molecule has 0 spiro atoms. The zero-order chi connectivity index (χ0) is 18.7. The van der Waals surface area contributed by atoms with Crippen LogP contribution in [0, 0.1) is 0 Å². The van der Waals surface area contributed by atoms with Crippen molar-refractivity contribution in [3.63, 3.8) is 0 Å². The van der Waals surface area contributed by atoms with E-state index in [1.165, 1.54) is 0 Å². The number of hydrogen-bond donors (Lipinski definition) is 1. The molecule has 2 aromatic carbocycles. The first kappa shape index (κ1) is 18.1. The zero-order valence-electron chi connectivity index (χ0n) is 14.5. The fourth-order valence-electron chi connectivity index (χ4n) is 2.69. The van der Waals surface area contributed by atoms with Gasteiger partial charge >= 0.3 is 0 Å². The van der Waals surface area contributed by atoms with Crippen LogP contribution in [0.1, 0.15) is 12.5 Å². The highest BCUT2D eigenvalue weighted by molar-refractivity contribution is 7.91. The molecule has 0 unspecified atom stereocenters. The molecule has 1 N–H and O–H groups in total. The van der Waals surface area contributed by atoms with E-state index in [0.29, 0.717) is 0 Å². The van der Waals surface area contributed by atoms with Crippen LogP contribution in [0.4, 0.5) is 0 Å². The molecule has 3 aromatic rings. The van der Waals surface area contributed by atoms with Crippen molar-refractivity contribution in [2.24, 2.45) is 0 Å². The SMILES string of the molecule is C=C(C)c1ccc(-n2nccc2-c2ccc(S(=O)(=O)CCO)cc2)cc1. The third-order valence-corrected chi connectivity index (χ3v) is 5.83. The number of hydrogen-bond acceptors (Lipinski definition) is 4. The lowest BCUT2D eigenvalue weighted by Gasteiger charge is -2.10. The van der Waals surface area contributed by atoms with Crippen LogP contribution in [0.5, 0.6) is 0 Å². The van der Waals surface area contributed by atoms with Gasteiger partial charge in [-0.15, -0.1) is 0 Å². The quantitative estimate of drug-likeness (QED) is 0.724. The molecule has 0 atom stereocenters. The van der Waals surface area contributed by atoms with E-state index in [9.17, 15) is 8.42 Å². The molecule has 0 radical (unpaired) electrons. The molecule has 3 rings (SSSR count). The van der Waals surface area contributed by atoms with E-state index >= 15 is 0 Å². The van der Waals surface area contributed by atoms with Gasteiger partial charge in [0.2, 0.25) is 0 Å². The maximum Gasteiger partial charge on any atom is 0.180 e. The number of rotatable bonds is 6. The smallest absolute Gasteiger partial charge is 0.180 e. The minimum absolute atomic E-state index is 0.201. The topological polar surface area (TPSA) is 72.2 Å². The molecule has 0 saturated heterocycles. The van der Waals surface area contributed by atoms with Crippen molar-refractivity contribution in [2.45, 2.75) is 11.8 Å². The Morgan fingerprint density at radius 2 is 1.73 bits per heavy atom. The van der Waals surface area contributed by atoms with Gasteiger partial charge in [-0.05, 0) is 42.8 Å². The average Bonchev–Trinajstić information content (AvgIpc) is 3.11. The Morgan fingerprint density at radius 1 is 1.08 bits per heavy atom. The van der Waals surface area contributed by atoms with Crippen molar-refractivity contribution >= 4 is 15.4 Å². The Morgan fingerprint density at radius 3 is 2.31 bits per heavy atom. The Balaban J connectivity index is 1.94. The van der Waals surface area contributed by atoms with E-state index < -0.39 is 16.4 Å². The standard InChI is InChI=1S/C20H20N2O3S/c1-15(2)16-3-7-18(8-4-16)22-20(11-12-21-22)17-5-9-19(10-6-17)26(24,25)14-13-23/h3-12,23H,1,13-14H2,2H3. The van der Waals surface area contributed by atoms with Crippen LogP contribution in [0.3, 0.4) is 0 Å². The average molecular weight is 368 g/mol. The van der Waals surface area contributed by atoms with Gasteiger partial charge in [-0.25, -0.2) is 13.1 Å². The van der Waals surface area contributed by atoms with Gasteiger partial charge in [0.1, 0.15) is 0 Å². The van der Waals surface area contributed by atoms with Gasteiger partial charge in [-0.2, -0.15) is 5.10 Å². The largest absolute Gasteiger partial charge is 0.395 e. The Labute approximate surface area is 153 Å². The summed E-state index contributed by atoms with van der Waals surface area (Å²) in [6.07, 6.45) is 1.71. The summed E-state index contributed by atoms with van der Waals surface area (Å²) in [6.45, 7) is 5.50. The third-order valence-electron chi connectivity index (χ3n) is 4.12. The van der Waals surface area contributed by atoms with Gasteiger partial charge in [0.25, 0.3) is 0 Å². The van der Waals surface area contributed by atoms with E-state index in [-0.39, 0.29) is 10.6 Å². The van der Waals surface area contributed by atoms with Gasteiger partial charge in [-0.3, -0.25) is 0 Å². The highest BCUT2D eigenvalue weighted by atomic mass is 32.2. The number of benzene rings is 2. The van der Waals surface area contributed by atoms with Crippen molar-refractivity contribution in [2.75, 3.05) is 12.4 Å². The van der Waals surface area contributed by atoms with E-state index in [4.69, 9.17) is 5.11 Å². The molecule has 1 heterocycles. The molecular weight excluding hydrogens is 348 g/mol. The van der Waals surface area contributed by atoms with Gasteiger partial charge in [0.15, 0.2) is 9.84 Å². The number of nitrogens with zero attached hydrogens (tertiary/aromatic N) is 2. The molecule has 6 heteroatoms. The molecule has 0 aliphatic carbocycles.